The summed E-state index contributed by atoms with van der Waals surface area (Å²) >= 11 is 0. The van der Waals surface area contributed by atoms with Gasteiger partial charge in [-0.05, 0) is 43.6 Å². The molecule has 1 heteroatoms. The quantitative estimate of drug-likeness (QED) is 0.746. The average molecular weight is 209 g/mol. The molecule has 2 aliphatic rings. The molecule has 15 heavy (non-hydrogen) atoms. The van der Waals surface area contributed by atoms with Crippen molar-refractivity contribution >= 4 is 0 Å². The summed E-state index contributed by atoms with van der Waals surface area (Å²) < 4.78 is 0. The molecule has 0 saturated heterocycles. The fourth-order valence-electron chi connectivity index (χ4n) is 3.46. The Morgan fingerprint density at radius 3 is 2.47 bits per heavy atom. The monoisotopic (exact) mass is 209 g/mol. The van der Waals surface area contributed by atoms with Gasteiger partial charge in [0.05, 0.1) is 0 Å². The van der Waals surface area contributed by atoms with Crippen LogP contribution in [-0.2, 0) is 0 Å². The van der Waals surface area contributed by atoms with Crippen molar-refractivity contribution in [1.82, 2.24) is 5.32 Å². The van der Waals surface area contributed by atoms with Crippen molar-refractivity contribution in [1.29, 1.82) is 0 Å². The molecule has 2 unspecified atom stereocenters. The van der Waals surface area contributed by atoms with Crippen molar-refractivity contribution in [2.75, 3.05) is 7.05 Å². The predicted octanol–water partition coefficient (Wildman–Crippen LogP) is 3.59. The van der Waals surface area contributed by atoms with Gasteiger partial charge < -0.3 is 5.32 Å². The molecule has 2 rings (SSSR count). The summed E-state index contributed by atoms with van der Waals surface area (Å²) in [5.41, 5.74) is 0.570. The molecule has 0 aromatic carbocycles. The molecule has 0 aromatic rings. The molecule has 1 nitrogen and oxygen atoms in total. The zero-order valence-electron chi connectivity index (χ0n) is 10.7. The first-order chi connectivity index (χ1) is 7.13. The maximum atomic E-state index is 3.60. The van der Waals surface area contributed by atoms with Gasteiger partial charge in [0, 0.05) is 6.04 Å². The second-order valence-electron chi connectivity index (χ2n) is 6.42. The summed E-state index contributed by atoms with van der Waals surface area (Å²) in [5, 5.41) is 3.60. The van der Waals surface area contributed by atoms with Gasteiger partial charge in [0.25, 0.3) is 0 Å². The van der Waals surface area contributed by atoms with Gasteiger partial charge in [0.2, 0.25) is 0 Å². The molecule has 2 aliphatic carbocycles. The molecule has 0 spiro atoms. The Morgan fingerprint density at radius 2 is 1.93 bits per heavy atom. The Hall–Kier alpha value is -0.0400. The van der Waals surface area contributed by atoms with E-state index in [4.69, 9.17) is 0 Å². The fraction of sp³-hybridized carbons (Fsp3) is 1.00. The summed E-state index contributed by atoms with van der Waals surface area (Å²) in [5.74, 6) is 1.97. The van der Waals surface area contributed by atoms with E-state index < -0.39 is 0 Å². The lowest BCUT2D eigenvalue weighted by molar-refractivity contribution is 0.0955. The third-order valence-corrected chi connectivity index (χ3v) is 4.73. The van der Waals surface area contributed by atoms with Crippen molar-refractivity contribution < 1.29 is 0 Å². The second-order valence-corrected chi connectivity index (χ2v) is 6.42. The lowest BCUT2D eigenvalue weighted by Crippen LogP contribution is -2.43. The van der Waals surface area contributed by atoms with Gasteiger partial charge in [-0.15, -0.1) is 0 Å². The highest BCUT2D eigenvalue weighted by atomic mass is 14.9. The standard InChI is InChI=1S/C14H27N/c1-14(2)9-5-4-6-12(14)13(15-3)10-11-7-8-11/h11-13,15H,4-10H2,1-3H3. The van der Waals surface area contributed by atoms with E-state index in [1.54, 1.807) is 0 Å². The third-order valence-electron chi connectivity index (χ3n) is 4.73. The van der Waals surface area contributed by atoms with Crippen LogP contribution in [-0.4, -0.2) is 13.1 Å². The van der Waals surface area contributed by atoms with Gasteiger partial charge in [0.15, 0.2) is 0 Å². The van der Waals surface area contributed by atoms with E-state index in [0.717, 1.165) is 17.9 Å². The molecule has 2 saturated carbocycles. The Balaban J connectivity index is 1.97. The summed E-state index contributed by atoms with van der Waals surface area (Å²) in [6.07, 6.45) is 10.2. The lowest BCUT2D eigenvalue weighted by atomic mass is 9.65. The van der Waals surface area contributed by atoms with E-state index >= 15 is 0 Å². The third kappa shape index (κ3) is 2.75. The van der Waals surface area contributed by atoms with Crippen LogP contribution >= 0.6 is 0 Å². The van der Waals surface area contributed by atoms with Crippen molar-refractivity contribution in [3.05, 3.63) is 0 Å². The normalized spacial score (nSPS) is 32.6. The number of rotatable bonds is 4. The molecule has 0 bridgehead atoms. The highest BCUT2D eigenvalue weighted by Crippen LogP contribution is 2.45. The molecule has 2 fully saturated rings. The zero-order chi connectivity index (χ0) is 10.9. The van der Waals surface area contributed by atoms with Crippen LogP contribution in [0, 0.1) is 17.3 Å². The van der Waals surface area contributed by atoms with Crippen LogP contribution in [0.4, 0.5) is 0 Å². The minimum absolute atomic E-state index is 0.570. The van der Waals surface area contributed by atoms with Crippen LogP contribution in [0.5, 0.6) is 0 Å². The van der Waals surface area contributed by atoms with Crippen LogP contribution in [0.25, 0.3) is 0 Å². The first kappa shape index (κ1) is 11.4. The Kier molecular flexibility index (Phi) is 3.39. The highest BCUT2D eigenvalue weighted by molar-refractivity contribution is 4.92. The molecule has 0 amide bonds. The first-order valence-corrected chi connectivity index (χ1v) is 6.81. The molecule has 0 aliphatic heterocycles. The summed E-state index contributed by atoms with van der Waals surface area (Å²) in [6.45, 7) is 4.96. The maximum absolute atomic E-state index is 3.60. The van der Waals surface area contributed by atoms with E-state index in [9.17, 15) is 0 Å². The SMILES string of the molecule is CNC(CC1CC1)C1CCCCC1(C)C. The topological polar surface area (TPSA) is 12.0 Å². The number of hydrogen-bond acceptors (Lipinski definition) is 1. The second kappa shape index (κ2) is 4.45. The van der Waals surface area contributed by atoms with Crippen LogP contribution < -0.4 is 5.32 Å². The Labute approximate surface area is 95.0 Å². The Bertz CT molecular complexity index is 205. The van der Waals surface area contributed by atoms with Gasteiger partial charge in [-0.1, -0.05) is 39.5 Å². The number of hydrogen-bond donors (Lipinski definition) is 1. The smallest absolute Gasteiger partial charge is 0.0100 e. The molecular weight excluding hydrogens is 182 g/mol. The summed E-state index contributed by atoms with van der Waals surface area (Å²) in [7, 11) is 2.16. The maximum Gasteiger partial charge on any atom is 0.0100 e. The van der Waals surface area contributed by atoms with Crippen molar-refractivity contribution in [3.8, 4) is 0 Å². The van der Waals surface area contributed by atoms with Gasteiger partial charge in [0.1, 0.15) is 0 Å². The molecule has 1 N–H and O–H groups in total. The number of nitrogens with one attached hydrogen (secondary N) is 1. The van der Waals surface area contributed by atoms with E-state index in [0.29, 0.717) is 5.41 Å². The van der Waals surface area contributed by atoms with Gasteiger partial charge >= 0.3 is 0 Å². The van der Waals surface area contributed by atoms with E-state index in [2.05, 4.69) is 26.2 Å². The van der Waals surface area contributed by atoms with Crippen molar-refractivity contribution in [2.24, 2.45) is 17.3 Å². The van der Waals surface area contributed by atoms with Gasteiger partial charge in [-0.2, -0.15) is 0 Å². The van der Waals surface area contributed by atoms with E-state index in [1.165, 1.54) is 44.9 Å². The predicted molar refractivity (Wildman–Crippen MR) is 65.9 cm³/mol. The minimum atomic E-state index is 0.570. The largest absolute Gasteiger partial charge is 0.317 e. The molecule has 0 aromatic heterocycles. The Morgan fingerprint density at radius 1 is 1.20 bits per heavy atom. The van der Waals surface area contributed by atoms with E-state index in [-0.39, 0.29) is 0 Å². The van der Waals surface area contributed by atoms with Gasteiger partial charge in [-0.25, -0.2) is 0 Å². The van der Waals surface area contributed by atoms with Crippen LogP contribution in [0.1, 0.15) is 58.8 Å². The first-order valence-electron chi connectivity index (χ1n) is 6.81. The summed E-state index contributed by atoms with van der Waals surface area (Å²) in [4.78, 5) is 0. The molecule has 88 valence electrons. The lowest BCUT2D eigenvalue weighted by Gasteiger charge is -2.43. The van der Waals surface area contributed by atoms with Crippen molar-refractivity contribution in [3.63, 3.8) is 0 Å². The van der Waals surface area contributed by atoms with Crippen LogP contribution in [0.2, 0.25) is 0 Å². The fourth-order valence-corrected chi connectivity index (χ4v) is 3.46. The summed E-state index contributed by atoms with van der Waals surface area (Å²) in [6, 6.07) is 0.785. The van der Waals surface area contributed by atoms with Crippen LogP contribution in [0.3, 0.4) is 0 Å². The van der Waals surface area contributed by atoms with Crippen molar-refractivity contribution in [2.45, 2.75) is 64.8 Å². The minimum Gasteiger partial charge on any atom is -0.317 e. The molecule has 2 atom stereocenters. The van der Waals surface area contributed by atoms with E-state index in [1.807, 2.05) is 0 Å². The average Bonchev–Trinajstić information content (AvgIpc) is 2.98. The molecule has 0 heterocycles. The van der Waals surface area contributed by atoms with Gasteiger partial charge in [-0.3, -0.25) is 0 Å². The van der Waals surface area contributed by atoms with Crippen LogP contribution in [0.15, 0.2) is 0 Å². The zero-order valence-corrected chi connectivity index (χ0v) is 10.7. The molecule has 0 radical (unpaired) electrons. The molecular formula is C14H27N. The highest BCUT2D eigenvalue weighted by Gasteiger charge is 2.38.